The topological polar surface area (TPSA) is 57.6 Å². The highest BCUT2D eigenvalue weighted by Crippen LogP contribution is 2.43. The van der Waals surface area contributed by atoms with Crippen molar-refractivity contribution >= 4 is 17.4 Å². The molecule has 1 atom stereocenters. The number of amides is 1. The van der Waals surface area contributed by atoms with Gasteiger partial charge in [-0.15, -0.1) is 0 Å². The van der Waals surface area contributed by atoms with Gasteiger partial charge in [0.25, 0.3) is 5.91 Å². The predicted molar refractivity (Wildman–Crippen MR) is 103 cm³/mol. The van der Waals surface area contributed by atoms with Crippen LogP contribution in [0.4, 0.5) is 10.1 Å². The van der Waals surface area contributed by atoms with Crippen molar-refractivity contribution in [1.82, 2.24) is 0 Å². The second-order valence-electron chi connectivity index (χ2n) is 6.83. The van der Waals surface area contributed by atoms with E-state index in [4.69, 9.17) is 0 Å². The van der Waals surface area contributed by atoms with Crippen LogP contribution >= 0.6 is 0 Å². The Morgan fingerprint density at radius 2 is 1.57 bits per heavy atom. The number of hydrogen-bond donors (Lipinski definition) is 1. The number of nitrogens with zero attached hydrogens (tertiary/aromatic N) is 1. The van der Waals surface area contributed by atoms with E-state index in [0.717, 1.165) is 0 Å². The number of Topliss-reactive ketones (excluding diaryl/α,β-unsaturated/α-hetero) is 1. The zero-order valence-corrected chi connectivity index (χ0v) is 15.0. The molecule has 0 unspecified atom stereocenters. The zero-order valence-electron chi connectivity index (χ0n) is 15.0. The third kappa shape index (κ3) is 3.00. The summed E-state index contributed by atoms with van der Waals surface area (Å²) < 4.78 is 14.1. The summed E-state index contributed by atoms with van der Waals surface area (Å²) in [4.78, 5) is 27.2. The highest BCUT2D eigenvalue weighted by atomic mass is 19.1. The minimum Gasteiger partial charge on any atom is -0.375 e. The van der Waals surface area contributed by atoms with E-state index in [1.807, 2.05) is 0 Å². The highest BCUT2D eigenvalue weighted by Gasteiger charge is 2.50. The molecule has 3 aromatic carbocycles. The van der Waals surface area contributed by atoms with Gasteiger partial charge in [-0.1, -0.05) is 66.7 Å². The van der Waals surface area contributed by atoms with Gasteiger partial charge in [-0.25, -0.2) is 4.39 Å². The molecule has 3 aromatic rings. The number of rotatable bonds is 5. The van der Waals surface area contributed by atoms with E-state index in [2.05, 4.69) is 0 Å². The lowest BCUT2D eigenvalue weighted by Gasteiger charge is -2.23. The largest absolute Gasteiger partial charge is 0.375 e. The fourth-order valence-electron chi connectivity index (χ4n) is 3.59. The number of benzene rings is 3. The first-order valence-corrected chi connectivity index (χ1v) is 8.96. The Bertz CT molecular complexity index is 1050. The first kappa shape index (κ1) is 18.1. The van der Waals surface area contributed by atoms with Crippen molar-refractivity contribution in [3.05, 3.63) is 101 Å². The Morgan fingerprint density at radius 1 is 0.929 bits per heavy atom. The summed E-state index contributed by atoms with van der Waals surface area (Å²) in [6.45, 7) is -0.0235. The van der Waals surface area contributed by atoms with E-state index in [-0.39, 0.29) is 18.7 Å². The van der Waals surface area contributed by atoms with Crippen molar-refractivity contribution in [2.45, 2.75) is 18.6 Å². The standard InChI is InChI=1S/C23H18FNO3/c24-19-12-6-4-10-17(19)15-25-20-13-7-5-11-18(20)23(28,22(25)27)14-21(26)16-8-2-1-3-9-16/h1-13,28H,14-15H2/t23-/m0/s1. The summed E-state index contributed by atoms with van der Waals surface area (Å²) in [5.74, 6) is -1.39. The van der Waals surface area contributed by atoms with E-state index < -0.39 is 17.3 Å². The Balaban J connectivity index is 1.70. The Labute approximate surface area is 161 Å². The van der Waals surface area contributed by atoms with Crippen molar-refractivity contribution in [3.63, 3.8) is 0 Å². The summed E-state index contributed by atoms with van der Waals surface area (Å²) >= 11 is 0. The van der Waals surface area contributed by atoms with Gasteiger partial charge in [0.05, 0.1) is 18.7 Å². The molecule has 0 spiro atoms. The van der Waals surface area contributed by atoms with E-state index in [9.17, 15) is 19.1 Å². The third-order valence-corrected chi connectivity index (χ3v) is 5.04. The molecule has 1 aliphatic heterocycles. The zero-order chi connectivity index (χ0) is 19.7. The number of halogens is 1. The quantitative estimate of drug-likeness (QED) is 0.690. The van der Waals surface area contributed by atoms with E-state index in [1.54, 1.807) is 72.8 Å². The first-order chi connectivity index (χ1) is 13.5. The molecule has 0 radical (unpaired) electrons. The smallest absolute Gasteiger partial charge is 0.264 e. The number of aliphatic hydroxyl groups is 1. The maximum Gasteiger partial charge on any atom is 0.264 e. The summed E-state index contributed by atoms with van der Waals surface area (Å²) in [5, 5.41) is 11.3. The number of carbonyl (C=O) groups is 2. The molecular formula is C23H18FNO3. The van der Waals surface area contributed by atoms with Crippen LogP contribution in [-0.4, -0.2) is 16.8 Å². The van der Waals surface area contributed by atoms with Crippen LogP contribution in [0.2, 0.25) is 0 Å². The average Bonchev–Trinajstić information content (AvgIpc) is 2.92. The molecule has 1 aliphatic rings. The number of ketones is 1. The minimum atomic E-state index is -1.98. The van der Waals surface area contributed by atoms with Crippen LogP contribution in [0.25, 0.3) is 0 Å². The summed E-state index contributed by atoms with van der Waals surface area (Å²) in [5.41, 5.74) is -0.368. The SMILES string of the molecule is O=C(C[C@@]1(O)C(=O)N(Cc2ccccc2F)c2ccccc21)c1ccccc1. The number of para-hydroxylation sites is 1. The monoisotopic (exact) mass is 375 g/mol. The van der Waals surface area contributed by atoms with Crippen LogP contribution in [0.3, 0.4) is 0 Å². The fourth-order valence-corrected chi connectivity index (χ4v) is 3.59. The molecule has 0 saturated heterocycles. The van der Waals surface area contributed by atoms with Gasteiger partial charge < -0.3 is 10.0 Å². The van der Waals surface area contributed by atoms with Gasteiger partial charge in [-0.3, -0.25) is 9.59 Å². The molecule has 0 aliphatic carbocycles. The molecule has 4 rings (SSSR count). The third-order valence-electron chi connectivity index (χ3n) is 5.04. The van der Waals surface area contributed by atoms with E-state index >= 15 is 0 Å². The first-order valence-electron chi connectivity index (χ1n) is 8.96. The average molecular weight is 375 g/mol. The molecule has 1 amide bonds. The number of hydrogen-bond acceptors (Lipinski definition) is 3. The van der Waals surface area contributed by atoms with E-state index in [1.165, 1.54) is 11.0 Å². The van der Waals surface area contributed by atoms with E-state index in [0.29, 0.717) is 22.4 Å². The Hall–Kier alpha value is -3.31. The molecule has 0 aromatic heterocycles. The maximum atomic E-state index is 14.1. The summed E-state index contributed by atoms with van der Waals surface area (Å²) in [6.07, 6.45) is -0.374. The molecule has 4 nitrogen and oxygen atoms in total. The van der Waals surface area contributed by atoms with Crippen molar-refractivity contribution in [2.75, 3.05) is 4.90 Å². The predicted octanol–water partition coefficient (Wildman–Crippen LogP) is 3.83. The maximum absolute atomic E-state index is 14.1. The van der Waals surface area contributed by atoms with Gasteiger partial charge in [-0.05, 0) is 12.1 Å². The van der Waals surface area contributed by atoms with Crippen molar-refractivity contribution < 1.29 is 19.1 Å². The molecular weight excluding hydrogens is 357 g/mol. The Kier molecular flexibility index (Phi) is 4.53. The second-order valence-corrected chi connectivity index (χ2v) is 6.83. The highest BCUT2D eigenvalue weighted by molar-refractivity contribution is 6.10. The van der Waals surface area contributed by atoms with Gasteiger partial charge in [-0.2, -0.15) is 0 Å². The lowest BCUT2D eigenvalue weighted by molar-refractivity contribution is -0.136. The molecule has 28 heavy (non-hydrogen) atoms. The van der Waals surface area contributed by atoms with Gasteiger partial charge in [0.2, 0.25) is 0 Å². The van der Waals surface area contributed by atoms with Crippen LogP contribution < -0.4 is 4.90 Å². The van der Waals surface area contributed by atoms with Crippen LogP contribution in [0.15, 0.2) is 78.9 Å². The molecule has 5 heteroatoms. The van der Waals surface area contributed by atoms with Crippen molar-refractivity contribution in [1.29, 1.82) is 0 Å². The van der Waals surface area contributed by atoms with Gasteiger partial charge >= 0.3 is 0 Å². The lowest BCUT2D eigenvalue weighted by Crippen LogP contribution is -2.41. The molecule has 0 saturated carbocycles. The van der Waals surface area contributed by atoms with Crippen molar-refractivity contribution in [2.24, 2.45) is 0 Å². The van der Waals surface area contributed by atoms with Gasteiger partial charge in [0, 0.05) is 16.7 Å². The number of anilines is 1. The fraction of sp³-hybridized carbons (Fsp3) is 0.130. The summed E-state index contributed by atoms with van der Waals surface area (Å²) in [6, 6.07) is 21.5. The van der Waals surface area contributed by atoms with Crippen LogP contribution in [0.1, 0.15) is 27.9 Å². The normalized spacial score (nSPS) is 18.2. The van der Waals surface area contributed by atoms with Crippen LogP contribution in [0.5, 0.6) is 0 Å². The molecule has 140 valence electrons. The van der Waals surface area contributed by atoms with Crippen LogP contribution in [-0.2, 0) is 16.9 Å². The molecule has 1 heterocycles. The lowest BCUT2D eigenvalue weighted by atomic mass is 9.88. The number of fused-ring (bicyclic) bond motifs is 1. The van der Waals surface area contributed by atoms with Gasteiger partial charge in [0.15, 0.2) is 11.4 Å². The second kappa shape index (κ2) is 7.02. The van der Waals surface area contributed by atoms with Crippen molar-refractivity contribution in [3.8, 4) is 0 Å². The molecule has 0 fully saturated rings. The van der Waals surface area contributed by atoms with Crippen LogP contribution in [0, 0.1) is 5.82 Å². The molecule has 0 bridgehead atoms. The Morgan fingerprint density at radius 3 is 2.32 bits per heavy atom. The van der Waals surface area contributed by atoms with Gasteiger partial charge in [0.1, 0.15) is 5.82 Å². The summed E-state index contributed by atoms with van der Waals surface area (Å²) in [7, 11) is 0. The number of carbonyl (C=O) groups excluding carboxylic acids is 2. The molecule has 1 N–H and O–H groups in total. The minimum absolute atomic E-state index is 0.0235.